The molecule has 0 saturated heterocycles. The molecule has 0 aromatic heterocycles. The third kappa shape index (κ3) is 5.02. The fourth-order valence-corrected chi connectivity index (χ4v) is 4.07. The van der Waals surface area contributed by atoms with Crippen molar-refractivity contribution < 1.29 is 14.3 Å². The second-order valence-electron chi connectivity index (χ2n) is 8.13. The maximum Gasteiger partial charge on any atom is 0.254 e. The van der Waals surface area contributed by atoms with Crippen molar-refractivity contribution in [1.29, 1.82) is 0 Å². The molecule has 1 atom stereocenters. The van der Waals surface area contributed by atoms with E-state index in [1.807, 2.05) is 44.2 Å². The highest BCUT2D eigenvalue weighted by Crippen LogP contribution is 2.40. The molecule has 5 heteroatoms. The van der Waals surface area contributed by atoms with E-state index in [1.165, 1.54) is 26.2 Å². The van der Waals surface area contributed by atoms with Crippen LogP contribution in [-0.2, 0) is 16.1 Å². The van der Waals surface area contributed by atoms with Crippen molar-refractivity contribution >= 4 is 17.5 Å². The van der Waals surface area contributed by atoms with E-state index in [4.69, 9.17) is 4.74 Å². The first-order valence-corrected chi connectivity index (χ1v) is 10.8. The van der Waals surface area contributed by atoms with Crippen LogP contribution in [0.25, 0.3) is 0 Å². The van der Waals surface area contributed by atoms with Gasteiger partial charge in [-0.05, 0) is 43.5 Å². The minimum absolute atomic E-state index is 0.0925. The molecule has 5 nitrogen and oxygen atoms in total. The number of benzene rings is 2. The van der Waals surface area contributed by atoms with Gasteiger partial charge in [0, 0.05) is 12.5 Å². The summed E-state index contributed by atoms with van der Waals surface area (Å²) < 4.78 is 5.82. The average Bonchev–Trinajstić information content (AvgIpc) is 2.94. The van der Waals surface area contributed by atoms with Crippen LogP contribution in [0.15, 0.2) is 36.4 Å². The number of fused-ring (bicyclic) bond motifs is 1. The Hall–Kier alpha value is -2.82. The van der Waals surface area contributed by atoms with Gasteiger partial charge in [-0.3, -0.25) is 9.59 Å². The molecule has 1 aliphatic heterocycles. The molecule has 0 bridgehead atoms. The van der Waals surface area contributed by atoms with Crippen molar-refractivity contribution in [2.24, 2.45) is 0 Å². The molecule has 1 N–H and O–H groups in total. The summed E-state index contributed by atoms with van der Waals surface area (Å²) in [6.45, 7) is 8.85. The Balaban J connectivity index is 1.73. The predicted molar refractivity (Wildman–Crippen MR) is 120 cm³/mol. The number of ether oxygens (including phenoxy) is 1. The van der Waals surface area contributed by atoms with Gasteiger partial charge in [-0.25, -0.2) is 0 Å². The SMILES string of the molecule is CCCCCCOc1ccc(CN2C(=O)C(NC(C)=O)c3cc(C)cc(C)c32)cc1. The molecule has 1 heterocycles. The molecule has 3 rings (SSSR count). The summed E-state index contributed by atoms with van der Waals surface area (Å²) in [5, 5.41) is 2.81. The van der Waals surface area contributed by atoms with Gasteiger partial charge in [-0.1, -0.05) is 56.0 Å². The van der Waals surface area contributed by atoms with Gasteiger partial charge in [0.25, 0.3) is 5.91 Å². The molecule has 2 amide bonds. The number of carbonyl (C=O) groups excluding carboxylic acids is 2. The number of hydrogen-bond acceptors (Lipinski definition) is 3. The molecule has 1 aliphatic rings. The molecule has 160 valence electrons. The third-order valence-corrected chi connectivity index (χ3v) is 5.45. The van der Waals surface area contributed by atoms with Crippen LogP contribution >= 0.6 is 0 Å². The molecule has 1 unspecified atom stereocenters. The first kappa shape index (κ1) is 21.9. The van der Waals surface area contributed by atoms with Gasteiger partial charge < -0.3 is 15.0 Å². The second kappa shape index (κ2) is 9.79. The Labute approximate surface area is 179 Å². The minimum atomic E-state index is -0.623. The minimum Gasteiger partial charge on any atom is -0.494 e. The zero-order valence-corrected chi connectivity index (χ0v) is 18.5. The maximum absolute atomic E-state index is 13.1. The van der Waals surface area contributed by atoms with Crippen LogP contribution in [0.5, 0.6) is 5.75 Å². The van der Waals surface area contributed by atoms with E-state index in [0.717, 1.165) is 46.7 Å². The molecule has 0 radical (unpaired) electrons. The van der Waals surface area contributed by atoms with Crippen molar-refractivity contribution in [1.82, 2.24) is 5.32 Å². The molecule has 2 aromatic carbocycles. The molecule has 0 fully saturated rings. The molecular weight excluding hydrogens is 376 g/mol. The van der Waals surface area contributed by atoms with Crippen molar-refractivity contribution in [3.63, 3.8) is 0 Å². The first-order valence-electron chi connectivity index (χ1n) is 10.8. The molecule has 0 saturated carbocycles. The monoisotopic (exact) mass is 408 g/mol. The lowest BCUT2D eigenvalue weighted by Gasteiger charge is -2.20. The lowest BCUT2D eigenvalue weighted by molar-refractivity contribution is -0.126. The number of aryl methyl sites for hydroxylation is 2. The van der Waals surface area contributed by atoms with E-state index < -0.39 is 6.04 Å². The van der Waals surface area contributed by atoms with Gasteiger partial charge in [0.05, 0.1) is 18.8 Å². The number of nitrogens with zero attached hydrogens (tertiary/aromatic N) is 1. The summed E-state index contributed by atoms with van der Waals surface area (Å²) in [6, 6.07) is 11.4. The van der Waals surface area contributed by atoms with Crippen LogP contribution in [0.1, 0.15) is 67.8 Å². The highest BCUT2D eigenvalue weighted by atomic mass is 16.5. The van der Waals surface area contributed by atoms with Crippen molar-refractivity contribution in [3.8, 4) is 5.75 Å². The van der Waals surface area contributed by atoms with Crippen LogP contribution < -0.4 is 15.0 Å². The highest BCUT2D eigenvalue weighted by molar-refractivity contribution is 6.06. The summed E-state index contributed by atoms with van der Waals surface area (Å²) in [6.07, 6.45) is 4.72. The summed E-state index contributed by atoms with van der Waals surface area (Å²) >= 11 is 0. The van der Waals surface area contributed by atoms with Crippen molar-refractivity contribution in [3.05, 3.63) is 58.7 Å². The van der Waals surface area contributed by atoms with E-state index in [0.29, 0.717) is 6.54 Å². The number of amides is 2. The normalized spacial score (nSPS) is 15.3. The Kier molecular flexibility index (Phi) is 7.14. The second-order valence-corrected chi connectivity index (χ2v) is 8.13. The number of unbranched alkanes of at least 4 members (excludes halogenated alkanes) is 3. The Bertz CT molecular complexity index is 905. The van der Waals surface area contributed by atoms with Gasteiger partial charge >= 0.3 is 0 Å². The summed E-state index contributed by atoms with van der Waals surface area (Å²) in [5.74, 6) is 0.553. The van der Waals surface area contributed by atoms with Crippen LogP contribution in [0, 0.1) is 13.8 Å². The molecule has 2 aromatic rings. The molecule has 0 spiro atoms. The Morgan fingerprint density at radius 1 is 1.10 bits per heavy atom. The fourth-order valence-electron chi connectivity index (χ4n) is 4.07. The number of hydrogen-bond donors (Lipinski definition) is 1. The quantitative estimate of drug-likeness (QED) is 0.595. The fraction of sp³-hybridized carbons (Fsp3) is 0.440. The largest absolute Gasteiger partial charge is 0.494 e. The van der Waals surface area contributed by atoms with E-state index in [2.05, 4.69) is 18.3 Å². The van der Waals surface area contributed by atoms with Crippen LogP contribution in [0.4, 0.5) is 5.69 Å². The lowest BCUT2D eigenvalue weighted by Crippen LogP contribution is -2.36. The van der Waals surface area contributed by atoms with Crippen LogP contribution in [-0.4, -0.2) is 18.4 Å². The number of nitrogens with one attached hydrogen (secondary N) is 1. The van der Waals surface area contributed by atoms with Gasteiger partial charge in [-0.15, -0.1) is 0 Å². The molecule has 0 aliphatic carbocycles. The Morgan fingerprint density at radius 2 is 1.83 bits per heavy atom. The summed E-state index contributed by atoms with van der Waals surface area (Å²) in [5.41, 5.74) is 4.92. The lowest BCUT2D eigenvalue weighted by atomic mass is 10.0. The average molecular weight is 409 g/mol. The van der Waals surface area contributed by atoms with E-state index in [1.54, 1.807) is 4.90 Å². The third-order valence-electron chi connectivity index (χ3n) is 5.45. The van der Waals surface area contributed by atoms with Gasteiger partial charge in [-0.2, -0.15) is 0 Å². The summed E-state index contributed by atoms with van der Waals surface area (Å²) in [7, 11) is 0. The number of rotatable bonds is 9. The van der Waals surface area contributed by atoms with E-state index >= 15 is 0 Å². The zero-order chi connectivity index (χ0) is 21.7. The highest BCUT2D eigenvalue weighted by Gasteiger charge is 2.38. The van der Waals surface area contributed by atoms with E-state index in [-0.39, 0.29) is 11.8 Å². The topological polar surface area (TPSA) is 58.6 Å². The van der Waals surface area contributed by atoms with E-state index in [9.17, 15) is 9.59 Å². The number of carbonyl (C=O) groups is 2. The molecule has 30 heavy (non-hydrogen) atoms. The van der Waals surface area contributed by atoms with Crippen LogP contribution in [0.2, 0.25) is 0 Å². The van der Waals surface area contributed by atoms with Gasteiger partial charge in [0.1, 0.15) is 11.8 Å². The summed E-state index contributed by atoms with van der Waals surface area (Å²) in [4.78, 5) is 26.6. The zero-order valence-electron chi connectivity index (χ0n) is 18.5. The Morgan fingerprint density at radius 3 is 2.50 bits per heavy atom. The number of anilines is 1. The van der Waals surface area contributed by atoms with Gasteiger partial charge in [0.2, 0.25) is 5.91 Å². The predicted octanol–water partition coefficient (Wildman–Crippen LogP) is 4.99. The first-order chi connectivity index (χ1) is 14.4. The van der Waals surface area contributed by atoms with Gasteiger partial charge in [0.15, 0.2) is 0 Å². The standard InChI is InChI=1S/C25H32N2O3/c1-5-6-7-8-13-30-21-11-9-20(10-12-21)16-27-24-18(3)14-17(2)15-22(24)23(25(27)29)26-19(4)28/h9-12,14-15,23H,5-8,13,16H2,1-4H3,(H,26,28). The van der Waals surface area contributed by atoms with Crippen LogP contribution in [0.3, 0.4) is 0 Å². The maximum atomic E-state index is 13.1. The molecular formula is C25H32N2O3. The van der Waals surface area contributed by atoms with Crippen molar-refractivity contribution in [2.75, 3.05) is 11.5 Å². The van der Waals surface area contributed by atoms with Crippen molar-refractivity contribution in [2.45, 2.75) is 66.0 Å². The smallest absolute Gasteiger partial charge is 0.254 e.